The summed E-state index contributed by atoms with van der Waals surface area (Å²) in [6.45, 7) is 0.923. The van der Waals surface area contributed by atoms with Crippen molar-refractivity contribution in [1.82, 2.24) is 14.1 Å². The lowest BCUT2D eigenvalue weighted by Crippen LogP contribution is -2.53. The molecule has 4 rings (SSSR count). The Labute approximate surface area is 195 Å². The number of rotatable bonds is 6. The van der Waals surface area contributed by atoms with Crippen LogP contribution in [0.4, 0.5) is 5.69 Å². The molecule has 0 bridgehead atoms. The number of carbonyl (C=O) groups is 2. The van der Waals surface area contributed by atoms with E-state index in [9.17, 15) is 28.1 Å². The van der Waals surface area contributed by atoms with Gasteiger partial charge in [0.25, 0.3) is 5.69 Å². The molecule has 2 aromatic rings. The van der Waals surface area contributed by atoms with E-state index in [2.05, 4.69) is 0 Å². The molecule has 0 aromatic heterocycles. The number of amides is 2. The topological polar surface area (TPSA) is 121 Å². The summed E-state index contributed by atoms with van der Waals surface area (Å²) in [5.74, 6) is -0.573. The molecule has 0 N–H and O–H groups in total. The number of likely N-dealkylation sites (tertiary alicyclic amines) is 1. The van der Waals surface area contributed by atoms with Crippen molar-refractivity contribution >= 4 is 39.1 Å². The van der Waals surface area contributed by atoms with Gasteiger partial charge in [0, 0.05) is 43.3 Å². The zero-order chi connectivity index (χ0) is 23.8. The van der Waals surface area contributed by atoms with Crippen molar-refractivity contribution in [2.24, 2.45) is 0 Å². The van der Waals surface area contributed by atoms with Gasteiger partial charge in [-0.1, -0.05) is 29.8 Å². The number of hydrogen-bond acceptors (Lipinski definition) is 7. The van der Waals surface area contributed by atoms with Crippen molar-refractivity contribution in [1.29, 1.82) is 0 Å². The zero-order valence-electron chi connectivity index (χ0n) is 17.5. The van der Waals surface area contributed by atoms with Crippen LogP contribution in [0.25, 0.3) is 0 Å². The Balaban J connectivity index is 1.41. The van der Waals surface area contributed by atoms with Gasteiger partial charge in [-0.2, -0.15) is 4.31 Å². The van der Waals surface area contributed by atoms with Gasteiger partial charge >= 0.3 is 0 Å². The molecule has 2 aliphatic heterocycles. The molecular formula is C21H21ClN4O6S. The minimum atomic E-state index is -3.92. The Morgan fingerprint density at radius 3 is 2.33 bits per heavy atom. The summed E-state index contributed by atoms with van der Waals surface area (Å²) in [4.78, 5) is 38.7. The third kappa shape index (κ3) is 4.76. The van der Waals surface area contributed by atoms with Crippen LogP contribution in [-0.4, -0.2) is 71.5 Å². The number of non-ortho nitro benzene ring substituents is 1. The predicted molar refractivity (Wildman–Crippen MR) is 119 cm³/mol. The van der Waals surface area contributed by atoms with Gasteiger partial charge < -0.3 is 0 Å². The van der Waals surface area contributed by atoms with E-state index in [1.165, 1.54) is 27.4 Å². The van der Waals surface area contributed by atoms with Crippen LogP contribution in [0.1, 0.15) is 12.0 Å². The SMILES string of the molecule is O=C1CC(N2CCN(S(=O)(=O)c3cccc([N+](=O)[O-])c3)CC2)C(=O)N1Cc1ccc(Cl)cc1. The second-order valence-electron chi connectivity index (χ2n) is 7.86. The fourth-order valence-corrected chi connectivity index (χ4v) is 5.64. The molecule has 2 amide bonds. The number of nitro benzene ring substituents is 1. The summed E-state index contributed by atoms with van der Waals surface area (Å²) in [6.07, 6.45) is 0.0457. The minimum absolute atomic E-state index is 0.0457. The lowest BCUT2D eigenvalue weighted by atomic mass is 10.2. The number of nitro groups is 1. The normalized spacial score (nSPS) is 20.4. The van der Waals surface area contributed by atoms with E-state index < -0.39 is 21.0 Å². The first-order chi connectivity index (χ1) is 15.7. The van der Waals surface area contributed by atoms with Crippen LogP contribution in [0.2, 0.25) is 5.02 Å². The molecule has 0 aliphatic carbocycles. The molecule has 174 valence electrons. The van der Waals surface area contributed by atoms with Crippen molar-refractivity contribution in [2.45, 2.75) is 23.9 Å². The van der Waals surface area contributed by atoms with Crippen LogP contribution in [0.3, 0.4) is 0 Å². The molecule has 0 spiro atoms. The number of nitrogens with zero attached hydrogens (tertiary/aromatic N) is 4. The van der Waals surface area contributed by atoms with E-state index in [-0.39, 0.29) is 61.5 Å². The lowest BCUT2D eigenvalue weighted by Gasteiger charge is -2.36. The highest BCUT2D eigenvalue weighted by atomic mass is 35.5. The molecule has 12 heteroatoms. The fraction of sp³-hybridized carbons (Fsp3) is 0.333. The van der Waals surface area contributed by atoms with E-state index in [0.717, 1.165) is 11.6 Å². The number of imide groups is 1. The molecule has 2 aromatic carbocycles. The van der Waals surface area contributed by atoms with Gasteiger partial charge in [0.1, 0.15) is 0 Å². The van der Waals surface area contributed by atoms with Crippen LogP contribution in [0.15, 0.2) is 53.4 Å². The third-order valence-electron chi connectivity index (χ3n) is 5.85. The highest BCUT2D eigenvalue weighted by Crippen LogP contribution is 2.26. The van der Waals surface area contributed by atoms with E-state index >= 15 is 0 Å². The van der Waals surface area contributed by atoms with Gasteiger partial charge in [0.05, 0.1) is 28.8 Å². The zero-order valence-corrected chi connectivity index (χ0v) is 19.0. The highest BCUT2D eigenvalue weighted by molar-refractivity contribution is 7.89. The lowest BCUT2D eigenvalue weighted by molar-refractivity contribution is -0.385. The van der Waals surface area contributed by atoms with Crippen molar-refractivity contribution in [3.63, 3.8) is 0 Å². The van der Waals surface area contributed by atoms with E-state index in [4.69, 9.17) is 11.6 Å². The van der Waals surface area contributed by atoms with Gasteiger partial charge in [-0.15, -0.1) is 0 Å². The summed E-state index contributed by atoms with van der Waals surface area (Å²) in [6, 6.07) is 11.2. The fourth-order valence-electron chi connectivity index (χ4n) is 4.05. The van der Waals surface area contributed by atoms with Crippen molar-refractivity contribution in [3.05, 3.63) is 69.2 Å². The van der Waals surface area contributed by atoms with E-state index in [0.29, 0.717) is 5.02 Å². The summed E-state index contributed by atoms with van der Waals surface area (Å²) in [5, 5.41) is 11.5. The average molecular weight is 493 g/mol. The second-order valence-corrected chi connectivity index (χ2v) is 10.2. The van der Waals surface area contributed by atoms with Crippen molar-refractivity contribution in [3.8, 4) is 0 Å². The second kappa shape index (κ2) is 9.18. The van der Waals surface area contributed by atoms with Crippen molar-refractivity contribution < 1.29 is 22.9 Å². The van der Waals surface area contributed by atoms with Gasteiger partial charge in [0.15, 0.2) is 0 Å². The summed E-state index contributed by atoms with van der Waals surface area (Å²) < 4.78 is 27.1. The minimum Gasteiger partial charge on any atom is -0.289 e. The molecule has 1 unspecified atom stereocenters. The first kappa shape index (κ1) is 23.3. The maximum atomic E-state index is 12.9. The summed E-state index contributed by atoms with van der Waals surface area (Å²) in [5.41, 5.74) is 0.486. The highest BCUT2D eigenvalue weighted by Gasteiger charge is 2.43. The van der Waals surface area contributed by atoms with Crippen LogP contribution >= 0.6 is 11.6 Å². The quantitative estimate of drug-likeness (QED) is 0.343. The monoisotopic (exact) mass is 492 g/mol. The Morgan fingerprint density at radius 2 is 1.70 bits per heavy atom. The number of sulfonamides is 1. The average Bonchev–Trinajstić information content (AvgIpc) is 3.09. The number of halogens is 1. The molecule has 1 atom stereocenters. The van der Waals surface area contributed by atoms with E-state index in [1.807, 2.05) is 4.90 Å². The number of piperazine rings is 1. The molecule has 2 heterocycles. The largest absolute Gasteiger partial charge is 0.289 e. The Bertz CT molecular complexity index is 1200. The van der Waals surface area contributed by atoms with Crippen LogP contribution in [0.5, 0.6) is 0 Å². The molecule has 2 saturated heterocycles. The molecule has 0 saturated carbocycles. The molecule has 2 fully saturated rings. The van der Waals surface area contributed by atoms with Gasteiger partial charge in [-0.25, -0.2) is 8.42 Å². The smallest absolute Gasteiger partial charge is 0.270 e. The summed E-state index contributed by atoms with van der Waals surface area (Å²) >= 11 is 5.88. The maximum Gasteiger partial charge on any atom is 0.270 e. The molecular weight excluding hydrogens is 472 g/mol. The number of hydrogen-bond donors (Lipinski definition) is 0. The maximum absolute atomic E-state index is 12.9. The van der Waals surface area contributed by atoms with Gasteiger partial charge in [-0.05, 0) is 23.8 Å². The van der Waals surface area contributed by atoms with Crippen LogP contribution in [-0.2, 0) is 26.2 Å². The molecule has 33 heavy (non-hydrogen) atoms. The van der Waals surface area contributed by atoms with Crippen LogP contribution in [0, 0.1) is 10.1 Å². The van der Waals surface area contributed by atoms with Gasteiger partial charge in [0.2, 0.25) is 21.8 Å². The van der Waals surface area contributed by atoms with Gasteiger partial charge in [-0.3, -0.25) is 29.5 Å². The Morgan fingerprint density at radius 1 is 1.03 bits per heavy atom. The summed E-state index contributed by atoms with van der Waals surface area (Å²) in [7, 11) is -3.92. The number of carbonyl (C=O) groups excluding carboxylic acids is 2. The molecule has 0 radical (unpaired) electrons. The first-order valence-corrected chi connectivity index (χ1v) is 12.1. The first-order valence-electron chi connectivity index (χ1n) is 10.2. The Hall–Kier alpha value is -2.86. The Kier molecular flexibility index (Phi) is 6.48. The van der Waals surface area contributed by atoms with Crippen LogP contribution < -0.4 is 0 Å². The third-order valence-corrected chi connectivity index (χ3v) is 8.00. The standard InChI is InChI=1S/C21H21ClN4O6S/c22-16-6-4-15(5-7-16)14-25-20(27)13-19(21(25)28)23-8-10-24(11-9-23)33(31,32)18-3-1-2-17(12-18)26(29)30/h1-7,12,19H,8-11,13-14H2. The molecule has 10 nitrogen and oxygen atoms in total. The van der Waals surface area contributed by atoms with Crippen molar-refractivity contribution in [2.75, 3.05) is 26.2 Å². The van der Waals surface area contributed by atoms with E-state index in [1.54, 1.807) is 24.3 Å². The molecule has 2 aliphatic rings. The number of benzene rings is 2. The predicted octanol–water partition coefficient (Wildman–Crippen LogP) is 1.88.